The normalized spacial score (nSPS) is 11.9. The molecule has 1 heterocycles. The summed E-state index contributed by atoms with van der Waals surface area (Å²) in [6, 6.07) is 1.68. The molecular weight excluding hydrogens is 260 g/mol. The number of halogens is 1. The molecule has 0 bridgehead atoms. The van der Waals surface area contributed by atoms with Gasteiger partial charge in [-0.15, -0.1) is 0 Å². The van der Waals surface area contributed by atoms with E-state index in [1.54, 1.807) is 18.5 Å². The van der Waals surface area contributed by atoms with Crippen molar-refractivity contribution in [3.8, 4) is 0 Å². The lowest BCUT2D eigenvalue weighted by molar-refractivity contribution is 0.00272. The molecule has 15 heavy (non-hydrogen) atoms. The van der Waals surface area contributed by atoms with E-state index < -0.39 is 6.29 Å². The molecule has 1 rings (SSSR count). The van der Waals surface area contributed by atoms with Crippen LogP contribution in [0.25, 0.3) is 10.2 Å². The molecule has 0 atom stereocenters. The van der Waals surface area contributed by atoms with Gasteiger partial charge in [-0.3, -0.25) is 4.98 Å². The van der Waals surface area contributed by atoms with Crippen molar-refractivity contribution >= 4 is 26.1 Å². The third-order valence-electron chi connectivity index (χ3n) is 1.75. The Morgan fingerprint density at radius 1 is 1.53 bits per heavy atom. The van der Waals surface area contributed by atoms with Crippen LogP contribution in [0.2, 0.25) is 0 Å². The van der Waals surface area contributed by atoms with Crippen LogP contribution in [0.5, 0.6) is 0 Å². The summed E-state index contributed by atoms with van der Waals surface area (Å²) in [5.41, 5.74) is 7.32. The van der Waals surface area contributed by atoms with Gasteiger partial charge in [0.05, 0.1) is 0 Å². The first kappa shape index (κ1) is 11.9. The molecule has 0 aliphatic rings. The quantitative estimate of drug-likeness (QED) is 0.718. The predicted octanol–water partition coefficient (Wildman–Crippen LogP) is 1.06. The lowest BCUT2D eigenvalue weighted by atomic mass is 10.1. The van der Waals surface area contributed by atoms with Gasteiger partial charge in [0, 0.05) is 33.7 Å². The highest BCUT2D eigenvalue weighted by atomic mass is 79.9. The van der Waals surface area contributed by atoms with Crippen LogP contribution < -0.4 is 5.73 Å². The topological polar surface area (TPSA) is 79.4 Å². The first-order chi connectivity index (χ1) is 7.02. The Morgan fingerprint density at radius 3 is 2.73 bits per heavy atom. The van der Waals surface area contributed by atoms with E-state index in [1.165, 1.54) is 0 Å². The standard InChI is InChI=1S/C10H11BrN2O2/c1-6(11)8-5-13-3-2-7(8)9(12)4-10(14)15/h2-5,10,14-15H,1,12H2/b9-4-. The van der Waals surface area contributed by atoms with Crippen LogP contribution >= 0.6 is 15.9 Å². The van der Waals surface area contributed by atoms with Crippen molar-refractivity contribution in [1.82, 2.24) is 4.98 Å². The molecule has 0 amide bonds. The third kappa shape index (κ3) is 3.16. The maximum atomic E-state index is 8.76. The van der Waals surface area contributed by atoms with Gasteiger partial charge in [-0.25, -0.2) is 0 Å². The molecule has 0 saturated heterocycles. The molecule has 0 saturated carbocycles. The van der Waals surface area contributed by atoms with Crippen molar-refractivity contribution in [2.24, 2.45) is 5.73 Å². The average Bonchev–Trinajstić information content (AvgIpc) is 2.16. The fraction of sp³-hybridized carbons (Fsp3) is 0.100. The smallest absolute Gasteiger partial charge is 0.173 e. The van der Waals surface area contributed by atoms with Crippen molar-refractivity contribution in [2.45, 2.75) is 6.29 Å². The molecule has 80 valence electrons. The minimum atomic E-state index is -1.57. The van der Waals surface area contributed by atoms with Gasteiger partial charge in [0.15, 0.2) is 6.29 Å². The Balaban J connectivity index is 3.19. The van der Waals surface area contributed by atoms with Gasteiger partial charge >= 0.3 is 0 Å². The van der Waals surface area contributed by atoms with Crippen molar-refractivity contribution in [2.75, 3.05) is 0 Å². The van der Waals surface area contributed by atoms with Crippen LogP contribution in [0.4, 0.5) is 0 Å². The average molecular weight is 271 g/mol. The molecule has 0 aromatic carbocycles. The Hall–Kier alpha value is -1.17. The monoisotopic (exact) mass is 270 g/mol. The fourth-order valence-electron chi connectivity index (χ4n) is 1.11. The zero-order chi connectivity index (χ0) is 11.4. The van der Waals surface area contributed by atoms with E-state index in [4.69, 9.17) is 15.9 Å². The van der Waals surface area contributed by atoms with Crippen molar-refractivity contribution in [3.05, 3.63) is 42.2 Å². The molecule has 0 fully saturated rings. The van der Waals surface area contributed by atoms with Gasteiger partial charge in [0.2, 0.25) is 0 Å². The number of pyridine rings is 1. The highest BCUT2D eigenvalue weighted by Crippen LogP contribution is 2.24. The second-order valence-corrected chi connectivity index (χ2v) is 3.82. The number of nitrogens with two attached hydrogens (primary N) is 1. The van der Waals surface area contributed by atoms with Crippen molar-refractivity contribution in [3.63, 3.8) is 0 Å². The SMILES string of the molecule is C=C(Br)c1cnccc1/C(N)=C/C(O)O. The number of rotatable bonds is 3. The van der Waals surface area contributed by atoms with Gasteiger partial charge < -0.3 is 15.9 Å². The van der Waals surface area contributed by atoms with Gasteiger partial charge in [-0.2, -0.15) is 0 Å². The summed E-state index contributed by atoms with van der Waals surface area (Å²) in [5.74, 6) is 0. The summed E-state index contributed by atoms with van der Waals surface area (Å²) in [4.78, 5) is 3.93. The van der Waals surface area contributed by atoms with Crippen LogP contribution in [0.3, 0.4) is 0 Å². The van der Waals surface area contributed by atoms with E-state index in [0.717, 1.165) is 6.08 Å². The lowest BCUT2D eigenvalue weighted by Gasteiger charge is -2.08. The first-order valence-corrected chi connectivity index (χ1v) is 4.94. The van der Waals surface area contributed by atoms with Crippen molar-refractivity contribution < 1.29 is 10.2 Å². The number of hydrogen-bond donors (Lipinski definition) is 3. The molecule has 0 aliphatic heterocycles. The molecule has 0 unspecified atom stereocenters. The van der Waals surface area contributed by atoms with E-state index in [9.17, 15) is 0 Å². The second kappa shape index (κ2) is 5.06. The molecular formula is C10H11BrN2O2. The van der Waals surface area contributed by atoms with Crippen LogP contribution in [0.15, 0.2) is 31.1 Å². The third-order valence-corrected chi connectivity index (χ3v) is 2.18. The molecule has 0 radical (unpaired) electrons. The van der Waals surface area contributed by atoms with E-state index in [1.807, 2.05) is 0 Å². The summed E-state index contributed by atoms with van der Waals surface area (Å²) in [6.07, 6.45) is 2.72. The molecule has 1 aromatic heterocycles. The summed E-state index contributed by atoms with van der Waals surface area (Å²) < 4.78 is 0.634. The zero-order valence-electron chi connectivity index (χ0n) is 7.89. The van der Waals surface area contributed by atoms with Crippen LogP contribution in [-0.4, -0.2) is 21.5 Å². The van der Waals surface area contributed by atoms with E-state index in [0.29, 0.717) is 15.6 Å². The maximum absolute atomic E-state index is 8.76. The number of aliphatic hydroxyl groups excluding tert-OH is 1. The predicted molar refractivity (Wildman–Crippen MR) is 62.6 cm³/mol. The molecule has 5 heteroatoms. The first-order valence-electron chi connectivity index (χ1n) is 4.15. The Labute approximate surface area is 95.9 Å². The summed E-state index contributed by atoms with van der Waals surface area (Å²) in [6.45, 7) is 3.72. The maximum Gasteiger partial charge on any atom is 0.173 e. The number of hydrogen-bond acceptors (Lipinski definition) is 4. The zero-order valence-corrected chi connectivity index (χ0v) is 9.48. The Kier molecular flexibility index (Phi) is 4.02. The molecule has 4 nitrogen and oxygen atoms in total. The molecule has 1 aromatic rings. The molecule has 0 aliphatic carbocycles. The highest BCUT2D eigenvalue weighted by Gasteiger charge is 2.07. The van der Waals surface area contributed by atoms with Crippen molar-refractivity contribution in [1.29, 1.82) is 0 Å². The minimum absolute atomic E-state index is 0.267. The minimum Gasteiger partial charge on any atom is -0.398 e. The summed E-state index contributed by atoms with van der Waals surface area (Å²) >= 11 is 3.23. The lowest BCUT2D eigenvalue weighted by Crippen LogP contribution is -2.06. The summed E-state index contributed by atoms with van der Waals surface area (Å²) in [7, 11) is 0. The Morgan fingerprint density at radius 2 is 2.20 bits per heavy atom. The fourth-order valence-corrected chi connectivity index (χ4v) is 1.43. The summed E-state index contributed by atoms with van der Waals surface area (Å²) in [5, 5.41) is 17.5. The molecule has 4 N–H and O–H groups in total. The van der Waals surface area contributed by atoms with Crippen LogP contribution in [0.1, 0.15) is 11.1 Å². The largest absolute Gasteiger partial charge is 0.398 e. The number of aliphatic hydroxyl groups is 2. The number of aromatic nitrogens is 1. The van der Waals surface area contributed by atoms with Crippen LogP contribution in [0, 0.1) is 0 Å². The van der Waals surface area contributed by atoms with E-state index in [-0.39, 0.29) is 5.70 Å². The Bertz CT molecular complexity index is 402. The van der Waals surface area contributed by atoms with Gasteiger partial charge in [-0.05, 0) is 12.1 Å². The van der Waals surface area contributed by atoms with Gasteiger partial charge in [0.1, 0.15) is 0 Å². The second-order valence-electron chi connectivity index (χ2n) is 2.86. The van der Waals surface area contributed by atoms with Crippen LogP contribution in [-0.2, 0) is 0 Å². The highest BCUT2D eigenvalue weighted by molar-refractivity contribution is 9.15. The van der Waals surface area contributed by atoms with E-state index >= 15 is 0 Å². The molecule has 0 spiro atoms. The van der Waals surface area contributed by atoms with Gasteiger partial charge in [-0.1, -0.05) is 22.5 Å². The van der Waals surface area contributed by atoms with Gasteiger partial charge in [0.25, 0.3) is 0 Å². The van der Waals surface area contributed by atoms with E-state index in [2.05, 4.69) is 27.5 Å². The number of nitrogens with zero attached hydrogens (tertiary/aromatic N) is 1.